The van der Waals surface area contributed by atoms with Crippen LogP contribution in [0.1, 0.15) is 16.7 Å². The number of aliphatic carboxylic acids is 1. The van der Waals surface area contributed by atoms with E-state index in [-0.39, 0.29) is 0 Å². The lowest BCUT2D eigenvalue weighted by atomic mass is 10.1. The highest BCUT2D eigenvalue weighted by atomic mass is 16.4. The van der Waals surface area contributed by atoms with Crippen LogP contribution in [0.2, 0.25) is 0 Å². The third-order valence-electron chi connectivity index (χ3n) is 1.95. The SMILES string of the molecule is Cc1ccc(C)c(C=C(O)C(=O)O)c1. The van der Waals surface area contributed by atoms with E-state index in [1.54, 1.807) is 0 Å². The minimum absolute atomic E-state index is 0.640. The summed E-state index contributed by atoms with van der Waals surface area (Å²) in [6, 6.07) is 5.65. The number of aliphatic hydroxyl groups excluding tert-OH is 1. The molecule has 0 bridgehead atoms. The molecular weight excluding hydrogens is 180 g/mol. The van der Waals surface area contributed by atoms with E-state index in [9.17, 15) is 4.79 Å². The first kappa shape index (κ1) is 10.3. The zero-order chi connectivity index (χ0) is 10.7. The maximum atomic E-state index is 10.4. The van der Waals surface area contributed by atoms with Gasteiger partial charge in [0.25, 0.3) is 0 Å². The van der Waals surface area contributed by atoms with Crippen molar-refractivity contribution in [3.05, 3.63) is 40.6 Å². The van der Waals surface area contributed by atoms with Crippen molar-refractivity contribution in [2.75, 3.05) is 0 Å². The summed E-state index contributed by atoms with van der Waals surface area (Å²) in [7, 11) is 0. The van der Waals surface area contributed by atoms with Crippen LogP contribution in [0.5, 0.6) is 0 Å². The lowest BCUT2D eigenvalue weighted by Gasteiger charge is -2.01. The van der Waals surface area contributed by atoms with E-state index < -0.39 is 11.7 Å². The van der Waals surface area contributed by atoms with Gasteiger partial charge in [0.05, 0.1) is 0 Å². The van der Waals surface area contributed by atoms with Crippen LogP contribution in [0.15, 0.2) is 24.0 Å². The molecule has 0 heterocycles. The summed E-state index contributed by atoms with van der Waals surface area (Å²) in [5, 5.41) is 17.5. The van der Waals surface area contributed by atoms with Crippen LogP contribution in [0.4, 0.5) is 0 Å². The smallest absolute Gasteiger partial charge is 0.370 e. The van der Waals surface area contributed by atoms with Crippen LogP contribution in [0.25, 0.3) is 6.08 Å². The van der Waals surface area contributed by atoms with Gasteiger partial charge in [-0.3, -0.25) is 0 Å². The van der Waals surface area contributed by atoms with E-state index >= 15 is 0 Å². The number of carboxylic acids is 1. The summed E-state index contributed by atoms with van der Waals surface area (Å²) in [6.07, 6.45) is 1.25. The normalized spacial score (nSPS) is 11.4. The number of rotatable bonds is 2. The summed E-state index contributed by atoms with van der Waals surface area (Å²) in [6.45, 7) is 3.77. The highest BCUT2D eigenvalue weighted by Gasteiger charge is 2.04. The van der Waals surface area contributed by atoms with E-state index in [0.717, 1.165) is 16.7 Å². The first-order chi connectivity index (χ1) is 6.50. The van der Waals surface area contributed by atoms with E-state index in [1.807, 2.05) is 32.0 Å². The molecule has 1 aromatic rings. The summed E-state index contributed by atoms with van der Waals surface area (Å²) in [4.78, 5) is 10.4. The molecule has 0 aliphatic rings. The average molecular weight is 192 g/mol. The quantitative estimate of drug-likeness (QED) is 0.558. The molecule has 0 spiro atoms. The average Bonchev–Trinajstić information content (AvgIpc) is 2.11. The molecule has 74 valence electrons. The third kappa shape index (κ3) is 2.36. The zero-order valence-corrected chi connectivity index (χ0v) is 8.11. The number of aliphatic hydroxyl groups is 1. The molecule has 0 aliphatic carbocycles. The van der Waals surface area contributed by atoms with Gasteiger partial charge in [0, 0.05) is 0 Å². The van der Waals surface area contributed by atoms with Crippen molar-refractivity contribution in [2.45, 2.75) is 13.8 Å². The Balaban J connectivity index is 3.13. The number of carbonyl (C=O) groups is 1. The zero-order valence-electron chi connectivity index (χ0n) is 8.11. The molecule has 0 aliphatic heterocycles. The number of hydrogen-bond donors (Lipinski definition) is 2. The molecular formula is C11H12O3. The summed E-state index contributed by atoms with van der Waals surface area (Å²) in [5.74, 6) is -1.95. The molecule has 14 heavy (non-hydrogen) atoms. The van der Waals surface area contributed by atoms with E-state index in [2.05, 4.69) is 0 Å². The minimum Gasteiger partial charge on any atom is -0.502 e. The molecule has 3 heteroatoms. The van der Waals surface area contributed by atoms with Gasteiger partial charge in [0.1, 0.15) is 0 Å². The summed E-state index contributed by atoms with van der Waals surface area (Å²) >= 11 is 0. The predicted octanol–water partition coefficient (Wildman–Crippen LogP) is 2.29. The van der Waals surface area contributed by atoms with Gasteiger partial charge in [-0.25, -0.2) is 4.79 Å². The van der Waals surface area contributed by atoms with Crippen LogP contribution < -0.4 is 0 Å². The molecule has 2 N–H and O–H groups in total. The third-order valence-corrected chi connectivity index (χ3v) is 1.95. The molecule has 0 aromatic heterocycles. The Kier molecular flexibility index (Phi) is 2.92. The number of carboxylic acid groups (broad SMARTS) is 1. The van der Waals surface area contributed by atoms with Crippen LogP contribution in [0.3, 0.4) is 0 Å². The summed E-state index contributed by atoms with van der Waals surface area (Å²) in [5.41, 5.74) is 2.69. The number of benzene rings is 1. The van der Waals surface area contributed by atoms with Crippen molar-refractivity contribution in [1.82, 2.24) is 0 Å². The molecule has 0 amide bonds. The van der Waals surface area contributed by atoms with Gasteiger partial charge >= 0.3 is 5.97 Å². The molecule has 0 fully saturated rings. The number of hydrogen-bond acceptors (Lipinski definition) is 2. The highest BCUT2D eigenvalue weighted by Crippen LogP contribution is 2.13. The van der Waals surface area contributed by atoms with Crippen LogP contribution in [-0.4, -0.2) is 16.2 Å². The van der Waals surface area contributed by atoms with E-state index in [1.165, 1.54) is 6.08 Å². The second-order valence-electron chi connectivity index (χ2n) is 3.19. The lowest BCUT2D eigenvalue weighted by Crippen LogP contribution is -1.98. The van der Waals surface area contributed by atoms with Gasteiger partial charge in [-0.2, -0.15) is 0 Å². The highest BCUT2D eigenvalue weighted by molar-refractivity contribution is 5.89. The van der Waals surface area contributed by atoms with E-state index in [4.69, 9.17) is 10.2 Å². The second kappa shape index (κ2) is 3.96. The van der Waals surface area contributed by atoms with Gasteiger partial charge in [-0.1, -0.05) is 23.8 Å². The maximum absolute atomic E-state index is 10.4. The minimum atomic E-state index is -1.31. The fourth-order valence-corrected chi connectivity index (χ4v) is 1.12. The van der Waals surface area contributed by atoms with Crippen molar-refractivity contribution in [1.29, 1.82) is 0 Å². The lowest BCUT2D eigenvalue weighted by molar-refractivity contribution is -0.135. The molecule has 0 atom stereocenters. The predicted molar refractivity (Wildman–Crippen MR) is 54.2 cm³/mol. The van der Waals surface area contributed by atoms with Gasteiger partial charge < -0.3 is 10.2 Å². The van der Waals surface area contributed by atoms with Crippen LogP contribution in [-0.2, 0) is 4.79 Å². The van der Waals surface area contributed by atoms with Gasteiger partial charge in [0.15, 0.2) is 0 Å². The Morgan fingerprint density at radius 1 is 1.29 bits per heavy atom. The van der Waals surface area contributed by atoms with Crippen LogP contribution >= 0.6 is 0 Å². The van der Waals surface area contributed by atoms with Crippen LogP contribution in [0, 0.1) is 13.8 Å². The molecule has 0 saturated carbocycles. The summed E-state index contributed by atoms with van der Waals surface area (Å²) < 4.78 is 0. The monoisotopic (exact) mass is 192 g/mol. The standard InChI is InChI=1S/C11H12O3/c1-7-3-4-8(2)9(5-7)6-10(12)11(13)14/h3-6,12H,1-2H3,(H,13,14). The fourth-order valence-electron chi connectivity index (χ4n) is 1.12. The van der Waals surface area contributed by atoms with Gasteiger partial charge in [-0.05, 0) is 31.1 Å². The molecule has 1 rings (SSSR count). The Morgan fingerprint density at radius 2 is 1.93 bits per heavy atom. The molecule has 0 saturated heterocycles. The van der Waals surface area contributed by atoms with Crippen molar-refractivity contribution in [2.24, 2.45) is 0 Å². The first-order valence-electron chi connectivity index (χ1n) is 4.22. The topological polar surface area (TPSA) is 57.5 Å². The Hall–Kier alpha value is -1.77. The van der Waals surface area contributed by atoms with Crippen molar-refractivity contribution in [3.63, 3.8) is 0 Å². The fraction of sp³-hybridized carbons (Fsp3) is 0.182. The Bertz CT molecular complexity index is 392. The molecule has 0 unspecified atom stereocenters. The van der Waals surface area contributed by atoms with E-state index in [0.29, 0.717) is 0 Å². The van der Waals surface area contributed by atoms with Crippen molar-refractivity contribution in [3.8, 4) is 0 Å². The molecule has 3 nitrogen and oxygen atoms in total. The van der Waals surface area contributed by atoms with Gasteiger partial charge in [0.2, 0.25) is 5.76 Å². The largest absolute Gasteiger partial charge is 0.502 e. The molecule has 0 radical (unpaired) electrons. The second-order valence-corrected chi connectivity index (χ2v) is 3.19. The van der Waals surface area contributed by atoms with Crippen molar-refractivity contribution < 1.29 is 15.0 Å². The van der Waals surface area contributed by atoms with Gasteiger partial charge in [-0.15, -0.1) is 0 Å². The first-order valence-corrected chi connectivity index (χ1v) is 4.22. The Morgan fingerprint density at radius 3 is 2.50 bits per heavy atom. The maximum Gasteiger partial charge on any atom is 0.370 e. The van der Waals surface area contributed by atoms with Crippen molar-refractivity contribution >= 4 is 12.0 Å². The molecule has 1 aromatic carbocycles. The number of aryl methyl sites for hydroxylation is 2. The Labute approximate surface area is 82.3 Å².